The molecule has 0 amide bonds. The second-order valence-corrected chi connectivity index (χ2v) is 9.47. The third kappa shape index (κ3) is 3.47. The van der Waals surface area contributed by atoms with Gasteiger partial charge in [-0.05, 0) is 66.6 Å². The zero-order valence-corrected chi connectivity index (χ0v) is 17.0. The Bertz CT molecular complexity index is 1160. The molecule has 0 bridgehead atoms. The lowest BCUT2D eigenvalue weighted by molar-refractivity contribution is 0.403. The molecule has 1 heterocycles. The van der Waals surface area contributed by atoms with Crippen LogP contribution in [0.1, 0.15) is 18.6 Å². The van der Waals surface area contributed by atoms with Crippen LogP contribution >= 0.6 is 22.6 Å². The van der Waals surface area contributed by atoms with Crippen molar-refractivity contribution in [1.82, 2.24) is 5.16 Å². The minimum atomic E-state index is -3.63. The van der Waals surface area contributed by atoms with Gasteiger partial charge in [0.05, 0.1) is 10.9 Å². The first-order valence-electron chi connectivity index (χ1n) is 8.08. The van der Waals surface area contributed by atoms with Gasteiger partial charge in [0.1, 0.15) is 17.3 Å². The highest BCUT2D eigenvalue weighted by Gasteiger charge is 2.36. The normalized spacial score (nSPS) is 14.5. The van der Waals surface area contributed by atoms with E-state index < -0.39 is 26.9 Å². The summed E-state index contributed by atoms with van der Waals surface area (Å²) < 4.78 is 61.6. The van der Waals surface area contributed by atoms with Crippen molar-refractivity contribution < 1.29 is 21.7 Å². The monoisotopic (exact) mass is 505 g/mol. The summed E-state index contributed by atoms with van der Waals surface area (Å²) in [5.74, 6) is -0.890. The van der Waals surface area contributed by atoms with Gasteiger partial charge in [-0.25, -0.2) is 17.2 Å². The van der Waals surface area contributed by atoms with Crippen molar-refractivity contribution in [3.63, 3.8) is 0 Å². The molecule has 142 valence electrons. The lowest BCUT2D eigenvalue weighted by Crippen LogP contribution is -2.18. The van der Waals surface area contributed by atoms with Crippen molar-refractivity contribution in [2.75, 3.05) is 10.0 Å². The molecule has 1 aliphatic rings. The molecule has 0 aliphatic heterocycles. The molecule has 0 radical (unpaired) electrons. The van der Waals surface area contributed by atoms with Gasteiger partial charge < -0.3 is 9.84 Å². The van der Waals surface area contributed by atoms with Gasteiger partial charge in [-0.2, -0.15) is 0 Å². The number of fused-ring (bicyclic) bond motifs is 1. The van der Waals surface area contributed by atoms with Crippen molar-refractivity contribution in [2.24, 2.45) is 0 Å². The molecule has 10 heteroatoms. The molecular weight excluding hydrogens is 491 g/mol. The van der Waals surface area contributed by atoms with E-state index in [-0.39, 0.29) is 22.6 Å². The van der Waals surface area contributed by atoms with Gasteiger partial charge >= 0.3 is 0 Å². The van der Waals surface area contributed by atoms with Crippen LogP contribution in [-0.4, -0.2) is 18.8 Å². The number of aryl methyl sites for hydroxylation is 1. The fourth-order valence-corrected chi connectivity index (χ4v) is 4.42. The maximum Gasteiger partial charge on any atom is 0.235 e. The predicted octanol–water partition coefficient (Wildman–Crippen LogP) is 4.67. The number of aromatic nitrogens is 1. The van der Waals surface area contributed by atoms with E-state index in [0.717, 1.165) is 0 Å². The van der Waals surface area contributed by atoms with E-state index in [2.05, 4.69) is 15.2 Å². The number of sulfonamides is 1. The summed E-state index contributed by atoms with van der Waals surface area (Å²) in [6.07, 6.45) is 1.13. The van der Waals surface area contributed by atoms with Crippen molar-refractivity contribution in [3.8, 4) is 0 Å². The first-order valence-corrected chi connectivity index (χ1v) is 10.7. The summed E-state index contributed by atoms with van der Waals surface area (Å²) in [6.45, 7) is 1.61. The van der Waals surface area contributed by atoms with E-state index in [0.29, 0.717) is 27.6 Å². The number of rotatable bonds is 5. The number of hydrogen-bond donors (Lipinski definition) is 2. The Balaban J connectivity index is 1.84. The van der Waals surface area contributed by atoms with E-state index in [4.69, 9.17) is 4.52 Å². The molecular formula is C17H14F2IN3O3S. The summed E-state index contributed by atoms with van der Waals surface area (Å²) in [6, 6.07) is 5.78. The molecule has 0 spiro atoms. The summed E-state index contributed by atoms with van der Waals surface area (Å²) in [7, 11) is -3.63. The molecule has 1 aromatic heterocycles. The lowest BCUT2D eigenvalue weighted by Gasteiger charge is -2.15. The fraction of sp³-hybridized carbons (Fsp3) is 0.235. The van der Waals surface area contributed by atoms with Crippen molar-refractivity contribution >= 4 is 60.6 Å². The van der Waals surface area contributed by atoms with Crippen LogP contribution in [0.3, 0.4) is 0 Å². The van der Waals surface area contributed by atoms with Crippen LogP contribution in [0.4, 0.5) is 25.8 Å². The van der Waals surface area contributed by atoms with Crippen LogP contribution < -0.4 is 10.0 Å². The third-order valence-corrected chi connectivity index (χ3v) is 7.03. The number of anilines is 3. The summed E-state index contributed by atoms with van der Waals surface area (Å²) >= 11 is 1.84. The molecule has 4 rings (SSSR count). The molecule has 3 aromatic rings. The predicted molar refractivity (Wildman–Crippen MR) is 107 cm³/mol. The van der Waals surface area contributed by atoms with Gasteiger partial charge in [-0.15, -0.1) is 0 Å². The number of hydrogen-bond acceptors (Lipinski definition) is 5. The summed E-state index contributed by atoms with van der Waals surface area (Å²) in [5, 5.41) is 6.34. The molecule has 1 saturated carbocycles. The second kappa shape index (κ2) is 6.59. The molecule has 0 saturated heterocycles. The second-order valence-electron chi connectivity index (χ2n) is 6.35. The molecule has 0 unspecified atom stereocenters. The Morgan fingerprint density at radius 2 is 2.00 bits per heavy atom. The highest BCUT2D eigenvalue weighted by atomic mass is 127. The Morgan fingerprint density at radius 1 is 1.26 bits per heavy atom. The van der Waals surface area contributed by atoms with Crippen molar-refractivity contribution in [2.45, 2.75) is 25.0 Å². The van der Waals surface area contributed by atoms with Crippen LogP contribution in [0.15, 0.2) is 28.8 Å². The molecule has 1 fully saturated rings. The molecule has 6 nitrogen and oxygen atoms in total. The van der Waals surface area contributed by atoms with Gasteiger partial charge in [-0.3, -0.25) is 4.72 Å². The van der Waals surface area contributed by atoms with Crippen LogP contribution in [0.5, 0.6) is 0 Å². The Morgan fingerprint density at radius 3 is 2.67 bits per heavy atom. The van der Waals surface area contributed by atoms with Gasteiger partial charge in [-0.1, -0.05) is 5.16 Å². The maximum atomic E-state index is 15.1. The minimum absolute atomic E-state index is 0.0251. The number of nitrogens with zero attached hydrogens (tertiary/aromatic N) is 1. The van der Waals surface area contributed by atoms with Gasteiger partial charge in [0.2, 0.25) is 10.0 Å². The zero-order valence-electron chi connectivity index (χ0n) is 14.0. The van der Waals surface area contributed by atoms with E-state index in [1.165, 1.54) is 18.2 Å². The molecule has 1 aliphatic carbocycles. The van der Waals surface area contributed by atoms with Crippen LogP contribution in [0, 0.1) is 22.1 Å². The summed E-state index contributed by atoms with van der Waals surface area (Å²) in [5.41, 5.74) is 0.131. The van der Waals surface area contributed by atoms with Crippen molar-refractivity contribution in [1.29, 1.82) is 0 Å². The smallest absolute Gasteiger partial charge is 0.235 e. The minimum Gasteiger partial charge on any atom is -0.360 e. The Kier molecular flexibility index (Phi) is 4.49. The van der Waals surface area contributed by atoms with Gasteiger partial charge in [0.15, 0.2) is 11.3 Å². The summed E-state index contributed by atoms with van der Waals surface area (Å²) in [4.78, 5) is 0. The zero-order chi connectivity index (χ0) is 19.3. The Hall–Kier alpha value is -1.95. The molecule has 27 heavy (non-hydrogen) atoms. The van der Waals surface area contributed by atoms with Gasteiger partial charge in [0.25, 0.3) is 0 Å². The lowest BCUT2D eigenvalue weighted by atomic mass is 10.1. The third-order valence-electron chi connectivity index (χ3n) is 4.30. The standard InChI is InChI=1S/C17H14F2IN3O3S/c1-8-11-7-14(23-27(24,25)10-3-4-10)17(15(19)16(11)22-26-8)21-9-2-5-13(20)12(18)6-9/h2,5-7,10,21,23H,3-4H2,1H3. The van der Waals surface area contributed by atoms with E-state index in [1.54, 1.807) is 13.0 Å². The number of halogens is 3. The topological polar surface area (TPSA) is 84.2 Å². The molecule has 2 N–H and O–H groups in total. The number of benzene rings is 2. The van der Waals surface area contributed by atoms with Crippen LogP contribution in [0.25, 0.3) is 10.9 Å². The van der Waals surface area contributed by atoms with E-state index >= 15 is 4.39 Å². The van der Waals surface area contributed by atoms with Crippen molar-refractivity contribution in [3.05, 3.63) is 45.2 Å². The highest BCUT2D eigenvalue weighted by molar-refractivity contribution is 14.1. The Labute approximate surface area is 167 Å². The quantitative estimate of drug-likeness (QED) is 0.493. The largest absolute Gasteiger partial charge is 0.360 e. The van der Waals surface area contributed by atoms with Crippen LogP contribution in [-0.2, 0) is 10.0 Å². The SMILES string of the molecule is Cc1onc2c(F)c(Nc3ccc(I)c(F)c3)c(NS(=O)(=O)C3CC3)cc12. The first-order chi connectivity index (χ1) is 12.8. The molecule has 0 atom stereocenters. The van der Waals surface area contributed by atoms with Crippen LogP contribution in [0.2, 0.25) is 0 Å². The number of nitrogens with one attached hydrogen (secondary N) is 2. The van der Waals surface area contributed by atoms with Gasteiger partial charge in [0, 0.05) is 14.6 Å². The average Bonchev–Trinajstić information content (AvgIpc) is 3.40. The van der Waals surface area contributed by atoms with E-state index in [9.17, 15) is 12.8 Å². The average molecular weight is 505 g/mol. The fourth-order valence-electron chi connectivity index (χ4n) is 2.70. The van der Waals surface area contributed by atoms with E-state index in [1.807, 2.05) is 22.6 Å². The molecule has 2 aromatic carbocycles. The maximum absolute atomic E-state index is 15.1. The first kappa shape index (κ1) is 18.4. The highest BCUT2D eigenvalue weighted by Crippen LogP contribution is 2.38.